The molecule has 0 aromatic carbocycles. The lowest BCUT2D eigenvalue weighted by atomic mass is 10.0. The smallest absolute Gasteiger partial charge is 0.0448 e. The van der Waals surface area contributed by atoms with Gasteiger partial charge in [-0.1, -0.05) is 6.07 Å². The van der Waals surface area contributed by atoms with Gasteiger partial charge in [-0.15, -0.1) is 0 Å². The molecule has 14 heavy (non-hydrogen) atoms. The third-order valence-electron chi connectivity index (χ3n) is 2.35. The van der Waals surface area contributed by atoms with Gasteiger partial charge in [-0.3, -0.25) is 4.98 Å². The zero-order valence-corrected chi connectivity index (χ0v) is 8.74. The van der Waals surface area contributed by atoms with Crippen molar-refractivity contribution in [1.29, 1.82) is 0 Å². The van der Waals surface area contributed by atoms with Crippen LogP contribution in [0.25, 0.3) is 0 Å². The van der Waals surface area contributed by atoms with Crippen LogP contribution in [0.4, 0.5) is 0 Å². The van der Waals surface area contributed by atoms with Gasteiger partial charge in [0, 0.05) is 24.4 Å². The summed E-state index contributed by atoms with van der Waals surface area (Å²) in [7, 11) is 0. The van der Waals surface area contributed by atoms with Gasteiger partial charge in [0.25, 0.3) is 0 Å². The molecule has 0 radical (unpaired) electrons. The van der Waals surface area contributed by atoms with Crippen molar-refractivity contribution in [2.45, 2.75) is 32.2 Å². The molecule has 0 spiro atoms. The van der Waals surface area contributed by atoms with E-state index in [0.717, 1.165) is 31.5 Å². The molecule has 0 aliphatic carbocycles. The van der Waals surface area contributed by atoms with E-state index >= 15 is 0 Å². The largest absolute Gasteiger partial charge is 0.330 e. The van der Waals surface area contributed by atoms with Crippen molar-refractivity contribution in [2.75, 3.05) is 6.54 Å². The minimum atomic E-state index is 0.187. The maximum Gasteiger partial charge on any atom is 0.0448 e. The summed E-state index contributed by atoms with van der Waals surface area (Å²) in [4.78, 5) is 4.32. The lowest BCUT2D eigenvalue weighted by Crippen LogP contribution is -2.24. The average molecular weight is 193 g/mol. The van der Waals surface area contributed by atoms with Gasteiger partial charge in [-0.2, -0.15) is 0 Å². The Kier molecular flexibility index (Phi) is 4.56. The first-order chi connectivity index (χ1) is 6.74. The van der Waals surface area contributed by atoms with Crippen molar-refractivity contribution in [3.8, 4) is 0 Å². The minimum absolute atomic E-state index is 0.187. The molecule has 3 heteroatoms. The maximum atomic E-state index is 5.97. The van der Waals surface area contributed by atoms with E-state index in [-0.39, 0.29) is 6.04 Å². The predicted molar refractivity (Wildman–Crippen MR) is 58.9 cm³/mol. The molecular formula is C11H19N3. The molecule has 0 aliphatic rings. The molecule has 0 bridgehead atoms. The van der Waals surface area contributed by atoms with Crippen molar-refractivity contribution >= 4 is 0 Å². The highest BCUT2D eigenvalue weighted by atomic mass is 14.7. The first-order valence-electron chi connectivity index (χ1n) is 5.10. The fourth-order valence-electron chi connectivity index (χ4n) is 1.46. The van der Waals surface area contributed by atoms with Crippen molar-refractivity contribution < 1.29 is 0 Å². The van der Waals surface area contributed by atoms with Gasteiger partial charge in [0.2, 0.25) is 0 Å². The lowest BCUT2D eigenvalue weighted by molar-refractivity contribution is 0.578. The topological polar surface area (TPSA) is 64.9 Å². The molecule has 0 fully saturated rings. The number of aryl methyl sites for hydroxylation is 1. The first-order valence-corrected chi connectivity index (χ1v) is 5.10. The second kappa shape index (κ2) is 5.73. The molecule has 0 amide bonds. The second-order valence-electron chi connectivity index (χ2n) is 3.66. The average Bonchev–Trinajstić information content (AvgIpc) is 2.18. The summed E-state index contributed by atoms with van der Waals surface area (Å²) in [6.45, 7) is 2.78. The van der Waals surface area contributed by atoms with E-state index in [1.54, 1.807) is 0 Å². The molecule has 78 valence electrons. The normalized spacial score (nSPS) is 12.8. The Hall–Kier alpha value is -0.930. The van der Waals surface area contributed by atoms with Crippen LogP contribution in [0.2, 0.25) is 0 Å². The molecular weight excluding hydrogens is 174 g/mol. The number of rotatable bonds is 5. The van der Waals surface area contributed by atoms with E-state index in [0.29, 0.717) is 0 Å². The molecule has 1 heterocycles. The monoisotopic (exact) mass is 193 g/mol. The molecule has 1 unspecified atom stereocenters. The molecule has 1 aromatic heterocycles. The summed E-state index contributed by atoms with van der Waals surface area (Å²) in [5, 5.41) is 0. The van der Waals surface area contributed by atoms with Gasteiger partial charge >= 0.3 is 0 Å². The molecule has 0 saturated heterocycles. The Labute approximate surface area is 85.5 Å². The first kappa shape index (κ1) is 11.1. The number of nitrogens with two attached hydrogens (primary N) is 2. The number of pyridine rings is 1. The van der Waals surface area contributed by atoms with Crippen LogP contribution in [-0.2, 0) is 6.42 Å². The Morgan fingerprint density at radius 1 is 1.50 bits per heavy atom. The van der Waals surface area contributed by atoms with E-state index in [1.807, 2.05) is 12.3 Å². The zero-order chi connectivity index (χ0) is 10.4. The molecule has 3 nitrogen and oxygen atoms in total. The van der Waals surface area contributed by atoms with E-state index in [1.165, 1.54) is 5.56 Å². The number of aromatic nitrogens is 1. The summed E-state index contributed by atoms with van der Waals surface area (Å²) in [6, 6.07) is 4.20. The summed E-state index contributed by atoms with van der Waals surface area (Å²) in [5.41, 5.74) is 13.7. The molecule has 4 N–H and O–H groups in total. The number of nitrogens with zero attached hydrogens (tertiary/aromatic N) is 1. The zero-order valence-electron chi connectivity index (χ0n) is 8.74. The van der Waals surface area contributed by atoms with E-state index in [9.17, 15) is 0 Å². The van der Waals surface area contributed by atoms with Crippen LogP contribution in [0.5, 0.6) is 0 Å². The second-order valence-corrected chi connectivity index (χ2v) is 3.66. The highest BCUT2D eigenvalue weighted by molar-refractivity contribution is 5.18. The molecule has 1 rings (SSSR count). The fraction of sp³-hybridized carbons (Fsp3) is 0.545. The van der Waals surface area contributed by atoms with E-state index < -0.39 is 0 Å². The fourth-order valence-corrected chi connectivity index (χ4v) is 1.46. The van der Waals surface area contributed by atoms with Crippen LogP contribution in [0, 0.1) is 6.92 Å². The van der Waals surface area contributed by atoms with Gasteiger partial charge in [0.05, 0.1) is 0 Å². The summed E-state index contributed by atoms with van der Waals surface area (Å²) in [5.74, 6) is 0. The van der Waals surface area contributed by atoms with Crippen molar-refractivity contribution in [2.24, 2.45) is 11.5 Å². The van der Waals surface area contributed by atoms with Crippen LogP contribution in [0.1, 0.15) is 24.1 Å². The van der Waals surface area contributed by atoms with Crippen molar-refractivity contribution in [1.82, 2.24) is 4.98 Å². The summed E-state index contributed by atoms with van der Waals surface area (Å²) < 4.78 is 0. The third-order valence-corrected chi connectivity index (χ3v) is 2.35. The van der Waals surface area contributed by atoms with Crippen LogP contribution in [-0.4, -0.2) is 17.6 Å². The summed E-state index contributed by atoms with van der Waals surface area (Å²) in [6.07, 6.45) is 4.64. The molecule has 0 aliphatic heterocycles. The Morgan fingerprint density at radius 3 is 2.93 bits per heavy atom. The van der Waals surface area contributed by atoms with Crippen LogP contribution >= 0.6 is 0 Å². The van der Waals surface area contributed by atoms with Crippen LogP contribution in [0.3, 0.4) is 0 Å². The predicted octanol–water partition coefficient (Wildman–Crippen LogP) is 0.999. The standard InChI is InChI=1S/C11H19N3/c1-9-4-3-7-14-11(9)8-10(13)5-2-6-12/h3-4,7,10H,2,5-6,8,12-13H2,1H3. The van der Waals surface area contributed by atoms with E-state index in [4.69, 9.17) is 11.5 Å². The number of hydrogen-bond acceptors (Lipinski definition) is 3. The van der Waals surface area contributed by atoms with Crippen LogP contribution < -0.4 is 11.5 Å². The maximum absolute atomic E-state index is 5.97. The van der Waals surface area contributed by atoms with Crippen LogP contribution in [0.15, 0.2) is 18.3 Å². The Bertz CT molecular complexity index is 273. The third kappa shape index (κ3) is 3.44. The molecule has 0 saturated carbocycles. The Balaban J connectivity index is 2.47. The lowest BCUT2D eigenvalue weighted by Gasteiger charge is -2.11. The highest BCUT2D eigenvalue weighted by Gasteiger charge is 2.06. The highest BCUT2D eigenvalue weighted by Crippen LogP contribution is 2.07. The quantitative estimate of drug-likeness (QED) is 0.733. The molecule has 1 aromatic rings. The Morgan fingerprint density at radius 2 is 2.29 bits per heavy atom. The van der Waals surface area contributed by atoms with E-state index in [2.05, 4.69) is 18.0 Å². The summed E-state index contributed by atoms with van der Waals surface area (Å²) >= 11 is 0. The minimum Gasteiger partial charge on any atom is -0.330 e. The SMILES string of the molecule is Cc1cccnc1CC(N)CCCN. The number of hydrogen-bond donors (Lipinski definition) is 2. The van der Waals surface area contributed by atoms with Gasteiger partial charge in [-0.25, -0.2) is 0 Å². The van der Waals surface area contributed by atoms with Gasteiger partial charge in [0.15, 0.2) is 0 Å². The van der Waals surface area contributed by atoms with Gasteiger partial charge in [-0.05, 0) is 37.9 Å². The van der Waals surface area contributed by atoms with Gasteiger partial charge in [0.1, 0.15) is 0 Å². The van der Waals surface area contributed by atoms with Gasteiger partial charge < -0.3 is 11.5 Å². The van der Waals surface area contributed by atoms with Crippen molar-refractivity contribution in [3.05, 3.63) is 29.6 Å². The molecule has 1 atom stereocenters. The van der Waals surface area contributed by atoms with Crippen molar-refractivity contribution in [3.63, 3.8) is 0 Å².